The van der Waals surface area contributed by atoms with Crippen molar-refractivity contribution in [3.8, 4) is 0 Å². The second kappa shape index (κ2) is 15.8. The van der Waals surface area contributed by atoms with Crippen LogP contribution in [0.2, 0.25) is 0 Å². The fourth-order valence-electron chi connectivity index (χ4n) is 1.87. The highest BCUT2D eigenvalue weighted by Crippen LogP contribution is 2.09. The van der Waals surface area contributed by atoms with E-state index in [1.54, 1.807) is 0 Å². The molecule has 0 rings (SSSR count). The molecular formula is C18H39N+. The zero-order chi connectivity index (χ0) is 15.0. The number of hydrogen-bond donors (Lipinski definition) is 0. The van der Waals surface area contributed by atoms with Gasteiger partial charge >= 0.3 is 0 Å². The molecule has 0 aromatic carbocycles. The minimum absolute atomic E-state index is 0.976. The molecule has 0 N–H and O–H groups in total. The highest BCUT2D eigenvalue weighted by molar-refractivity contribution is 4.63. The number of rotatable bonds is 11. The Hall–Kier alpha value is -0.300. The van der Waals surface area contributed by atoms with Gasteiger partial charge in [-0.15, -0.1) is 0 Å². The quantitative estimate of drug-likeness (QED) is 0.259. The molecule has 0 atom stereocenters. The Kier molecular flexibility index (Phi) is 17.4. The zero-order valence-electron chi connectivity index (χ0n) is 14.2. The summed E-state index contributed by atoms with van der Waals surface area (Å²) < 4.78 is 0.976. The van der Waals surface area contributed by atoms with Crippen LogP contribution in [-0.4, -0.2) is 32.2 Å². The summed E-state index contributed by atoms with van der Waals surface area (Å²) >= 11 is 0. The van der Waals surface area contributed by atoms with Crippen molar-refractivity contribution in [2.24, 2.45) is 0 Å². The van der Waals surface area contributed by atoms with Gasteiger partial charge < -0.3 is 4.48 Å². The first-order valence-corrected chi connectivity index (χ1v) is 8.18. The summed E-state index contributed by atoms with van der Waals surface area (Å²) in [6, 6.07) is 0. The minimum atomic E-state index is 0.976. The Morgan fingerprint density at radius 1 is 0.789 bits per heavy atom. The van der Waals surface area contributed by atoms with Gasteiger partial charge in [0.05, 0.1) is 27.7 Å². The second-order valence-electron chi connectivity index (χ2n) is 6.44. The standard InChI is InChI=1S/C12H25.C6H14N/c1-3-5-7-9-11-12-10-8-6-4-2;1-5-6-7(2,3)4/h1,3-12H2,2H3;5H,1,6H2,2-4H3/q;+1. The lowest BCUT2D eigenvalue weighted by molar-refractivity contribution is -0.864. The van der Waals surface area contributed by atoms with Crippen LogP contribution in [0.4, 0.5) is 0 Å². The third-order valence-electron chi connectivity index (χ3n) is 3.03. The smallest absolute Gasteiger partial charge is 0.0964 e. The first-order valence-electron chi connectivity index (χ1n) is 8.18. The first kappa shape index (κ1) is 21.0. The fraction of sp³-hybridized carbons (Fsp3) is 0.833. The average Bonchev–Trinajstić information content (AvgIpc) is 2.32. The van der Waals surface area contributed by atoms with E-state index >= 15 is 0 Å². The Labute approximate surface area is 123 Å². The van der Waals surface area contributed by atoms with Crippen LogP contribution in [0.3, 0.4) is 0 Å². The molecule has 0 fully saturated rings. The van der Waals surface area contributed by atoms with Gasteiger partial charge in [0.1, 0.15) is 0 Å². The second-order valence-corrected chi connectivity index (χ2v) is 6.44. The van der Waals surface area contributed by atoms with Crippen molar-refractivity contribution >= 4 is 0 Å². The average molecular weight is 270 g/mol. The molecule has 1 nitrogen and oxygen atoms in total. The van der Waals surface area contributed by atoms with Gasteiger partial charge in [-0.1, -0.05) is 84.6 Å². The van der Waals surface area contributed by atoms with Crippen LogP contribution in [-0.2, 0) is 0 Å². The van der Waals surface area contributed by atoms with E-state index in [4.69, 9.17) is 0 Å². The summed E-state index contributed by atoms with van der Waals surface area (Å²) in [6.45, 7) is 10.8. The summed E-state index contributed by atoms with van der Waals surface area (Å²) in [7, 11) is 6.42. The van der Waals surface area contributed by atoms with Gasteiger partial charge in [-0.05, 0) is 6.08 Å². The lowest BCUT2D eigenvalue weighted by Gasteiger charge is -2.21. The molecule has 1 radical (unpaired) electrons. The van der Waals surface area contributed by atoms with E-state index < -0.39 is 0 Å². The van der Waals surface area contributed by atoms with E-state index in [1.807, 2.05) is 6.08 Å². The molecule has 0 heterocycles. The topological polar surface area (TPSA) is 0 Å². The molecule has 0 aliphatic heterocycles. The lowest BCUT2D eigenvalue weighted by Crippen LogP contribution is -2.33. The molecule has 0 amide bonds. The van der Waals surface area contributed by atoms with Gasteiger partial charge in [0.2, 0.25) is 0 Å². The Balaban J connectivity index is 0. The summed E-state index contributed by atoms with van der Waals surface area (Å²) in [5.74, 6) is 0. The van der Waals surface area contributed by atoms with Gasteiger partial charge in [-0.25, -0.2) is 0 Å². The number of quaternary nitrogens is 1. The molecule has 0 bridgehead atoms. The lowest BCUT2D eigenvalue weighted by atomic mass is 10.1. The van der Waals surface area contributed by atoms with E-state index in [0.29, 0.717) is 0 Å². The maximum atomic E-state index is 3.84. The Morgan fingerprint density at radius 2 is 1.21 bits per heavy atom. The molecule has 1 heteroatoms. The summed E-state index contributed by atoms with van der Waals surface area (Å²) in [4.78, 5) is 0. The third-order valence-corrected chi connectivity index (χ3v) is 3.03. The van der Waals surface area contributed by atoms with Gasteiger partial charge in [0, 0.05) is 0 Å². The molecule has 0 aliphatic carbocycles. The van der Waals surface area contributed by atoms with Crippen molar-refractivity contribution in [3.63, 3.8) is 0 Å². The SMILES string of the molecule is C=CC[N+](C)(C)C.[CH2]CCCCCCCCCCC. The first-order chi connectivity index (χ1) is 8.97. The molecular weight excluding hydrogens is 230 g/mol. The predicted octanol–water partition coefficient (Wildman–Crippen LogP) is 5.62. The molecule has 0 aliphatic rings. The van der Waals surface area contributed by atoms with E-state index in [2.05, 4.69) is 41.6 Å². The van der Waals surface area contributed by atoms with Crippen LogP contribution < -0.4 is 0 Å². The molecule has 0 saturated heterocycles. The molecule has 19 heavy (non-hydrogen) atoms. The Morgan fingerprint density at radius 3 is 1.47 bits per heavy atom. The van der Waals surface area contributed by atoms with Crippen LogP contribution in [0.1, 0.15) is 71.1 Å². The highest BCUT2D eigenvalue weighted by Gasteiger charge is 1.99. The molecule has 115 valence electrons. The van der Waals surface area contributed by atoms with E-state index in [1.165, 1.54) is 57.8 Å². The van der Waals surface area contributed by atoms with Crippen molar-refractivity contribution in [1.29, 1.82) is 0 Å². The summed E-state index contributed by atoms with van der Waals surface area (Å²) in [5.41, 5.74) is 0. The Bertz CT molecular complexity index is 157. The third kappa shape index (κ3) is 27.0. The van der Waals surface area contributed by atoms with Crippen molar-refractivity contribution in [2.75, 3.05) is 27.7 Å². The van der Waals surface area contributed by atoms with Crippen LogP contribution in [0.25, 0.3) is 0 Å². The molecule has 0 unspecified atom stereocenters. The highest BCUT2D eigenvalue weighted by atomic mass is 15.3. The van der Waals surface area contributed by atoms with Crippen LogP contribution in [0.15, 0.2) is 12.7 Å². The van der Waals surface area contributed by atoms with Crippen LogP contribution in [0, 0.1) is 6.92 Å². The molecule has 0 aromatic heterocycles. The fourth-order valence-corrected chi connectivity index (χ4v) is 1.87. The van der Waals surface area contributed by atoms with Gasteiger partial charge in [-0.3, -0.25) is 0 Å². The van der Waals surface area contributed by atoms with Crippen molar-refractivity contribution in [1.82, 2.24) is 0 Å². The summed E-state index contributed by atoms with van der Waals surface area (Å²) in [5, 5.41) is 0. The van der Waals surface area contributed by atoms with Gasteiger partial charge in [0.15, 0.2) is 0 Å². The number of likely N-dealkylation sites (N-methyl/N-ethyl adjacent to an activating group) is 1. The predicted molar refractivity (Wildman–Crippen MR) is 90.3 cm³/mol. The van der Waals surface area contributed by atoms with E-state index in [0.717, 1.165) is 17.4 Å². The van der Waals surface area contributed by atoms with Crippen LogP contribution in [0.5, 0.6) is 0 Å². The normalized spacial score (nSPS) is 10.8. The maximum Gasteiger partial charge on any atom is 0.0964 e. The van der Waals surface area contributed by atoms with Crippen molar-refractivity contribution in [3.05, 3.63) is 19.6 Å². The van der Waals surface area contributed by atoms with Crippen molar-refractivity contribution in [2.45, 2.75) is 71.1 Å². The largest absolute Gasteiger partial charge is 0.328 e. The minimum Gasteiger partial charge on any atom is -0.328 e. The monoisotopic (exact) mass is 269 g/mol. The molecule has 0 saturated carbocycles. The number of nitrogens with zero attached hydrogens (tertiary/aromatic N) is 1. The number of unbranched alkanes of at least 4 members (excludes halogenated alkanes) is 9. The molecule has 0 aromatic rings. The van der Waals surface area contributed by atoms with E-state index in [-0.39, 0.29) is 0 Å². The van der Waals surface area contributed by atoms with Crippen LogP contribution >= 0.6 is 0 Å². The molecule has 0 spiro atoms. The summed E-state index contributed by atoms with van der Waals surface area (Å²) in [6.07, 6.45) is 15.8. The zero-order valence-corrected chi connectivity index (χ0v) is 14.2. The van der Waals surface area contributed by atoms with Gasteiger partial charge in [-0.2, -0.15) is 0 Å². The maximum absolute atomic E-state index is 3.84. The van der Waals surface area contributed by atoms with Crippen molar-refractivity contribution < 1.29 is 4.48 Å². The van der Waals surface area contributed by atoms with E-state index in [9.17, 15) is 0 Å². The van der Waals surface area contributed by atoms with Gasteiger partial charge in [0.25, 0.3) is 0 Å². The number of hydrogen-bond acceptors (Lipinski definition) is 0.